The number of carbonyl (C=O) groups is 1. The molecule has 1 aliphatic rings. The van der Waals surface area contributed by atoms with E-state index in [4.69, 9.17) is 0 Å². The van der Waals surface area contributed by atoms with Crippen molar-refractivity contribution in [1.82, 2.24) is 4.90 Å². The summed E-state index contributed by atoms with van der Waals surface area (Å²) in [6.45, 7) is 3.84. The van der Waals surface area contributed by atoms with E-state index in [0.29, 0.717) is 5.75 Å². The van der Waals surface area contributed by atoms with E-state index in [9.17, 15) is 9.90 Å². The number of hydrogen-bond donors (Lipinski definition) is 1. The van der Waals surface area contributed by atoms with Crippen molar-refractivity contribution in [2.75, 3.05) is 25.4 Å². The molecule has 110 valence electrons. The average Bonchev–Trinajstić information content (AvgIpc) is 2.49. The van der Waals surface area contributed by atoms with Crippen LogP contribution in [0.3, 0.4) is 0 Å². The summed E-state index contributed by atoms with van der Waals surface area (Å²) >= 11 is 1.67. The van der Waals surface area contributed by atoms with Gasteiger partial charge >= 0.3 is 0 Å². The van der Waals surface area contributed by atoms with E-state index in [1.807, 2.05) is 4.90 Å². The zero-order chi connectivity index (χ0) is 14.4. The molecule has 1 aromatic carbocycles. The summed E-state index contributed by atoms with van der Waals surface area (Å²) in [4.78, 5) is 14.0. The Labute approximate surface area is 125 Å². The smallest absolute Gasteiger partial charge is 0.232 e. The van der Waals surface area contributed by atoms with Gasteiger partial charge in [0.05, 0.1) is 5.75 Å². The number of piperidine rings is 1. The minimum absolute atomic E-state index is 0.195. The van der Waals surface area contributed by atoms with Crippen LogP contribution in [-0.2, 0) is 10.5 Å². The van der Waals surface area contributed by atoms with Gasteiger partial charge in [0.1, 0.15) is 0 Å². The number of aliphatic hydroxyl groups is 1. The molecule has 1 amide bonds. The highest BCUT2D eigenvalue weighted by molar-refractivity contribution is 7.99. The molecule has 2 rings (SSSR count). The molecular formula is C16H23NO2S. The lowest BCUT2D eigenvalue weighted by Crippen LogP contribution is -2.41. The van der Waals surface area contributed by atoms with Gasteiger partial charge in [0.2, 0.25) is 5.91 Å². The number of nitrogens with zero attached hydrogens (tertiary/aromatic N) is 1. The van der Waals surface area contributed by atoms with E-state index in [1.54, 1.807) is 11.8 Å². The van der Waals surface area contributed by atoms with Crippen molar-refractivity contribution in [3.63, 3.8) is 0 Å². The van der Waals surface area contributed by atoms with Crippen molar-refractivity contribution < 1.29 is 9.90 Å². The highest BCUT2D eigenvalue weighted by atomic mass is 32.2. The Morgan fingerprint density at radius 2 is 2.15 bits per heavy atom. The van der Waals surface area contributed by atoms with Crippen LogP contribution in [0.15, 0.2) is 24.3 Å². The second-order valence-electron chi connectivity index (χ2n) is 5.51. The summed E-state index contributed by atoms with van der Waals surface area (Å²) in [5.41, 5.74) is 2.53. The van der Waals surface area contributed by atoms with E-state index in [2.05, 4.69) is 31.2 Å². The van der Waals surface area contributed by atoms with Crippen molar-refractivity contribution in [1.29, 1.82) is 0 Å². The molecule has 1 unspecified atom stereocenters. The third-order valence-electron chi connectivity index (χ3n) is 3.74. The van der Waals surface area contributed by atoms with E-state index in [-0.39, 0.29) is 18.4 Å². The Bertz CT molecular complexity index is 433. The maximum Gasteiger partial charge on any atom is 0.232 e. The fraction of sp³-hybridized carbons (Fsp3) is 0.562. The molecule has 3 nitrogen and oxygen atoms in total. The average molecular weight is 293 g/mol. The number of thioether (sulfide) groups is 1. The van der Waals surface area contributed by atoms with Gasteiger partial charge in [-0.05, 0) is 31.2 Å². The van der Waals surface area contributed by atoms with Crippen LogP contribution in [0.2, 0.25) is 0 Å². The number of hydrogen-bond acceptors (Lipinski definition) is 3. The van der Waals surface area contributed by atoms with Gasteiger partial charge in [0.15, 0.2) is 0 Å². The number of aliphatic hydroxyl groups excluding tert-OH is 1. The van der Waals surface area contributed by atoms with E-state index >= 15 is 0 Å². The first-order valence-corrected chi connectivity index (χ1v) is 8.36. The molecule has 1 atom stereocenters. The quantitative estimate of drug-likeness (QED) is 0.906. The van der Waals surface area contributed by atoms with Crippen molar-refractivity contribution in [2.24, 2.45) is 5.92 Å². The van der Waals surface area contributed by atoms with Gasteiger partial charge in [-0.25, -0.2) is 0 Å². The summed E-state index contributed by atoms with van der Waals surface area (Å²) in [6.07, 6.45) is 2.05. The fourth-order valence-electron chi connectivity index (χ4n) is 2.47. The predicted octanol–water partition coefficient (Wildman–Crippen LogP) is 2.46. The molecule has 0 aromatic heterocycles. The highest BCUT2D eigenvalue weighted by Crippen LogP contribution is 2.18. The van der Waals surface area contributed by atoms with Crippen molar-refractivity contribution >= 4 is 17.7 Å². The molecule has 1 fully saturated rings. The first kappa shape index (κ1) is 15.4. The van der Waals surface area contributed by atoms with Crippen molar-refractivity contribution in [3.05, 3.63) is 35.4 Å². The molecule has 4 heteroatoms. The normalized spacial score (nSPS) is 19.1. The molecule has 20 heavy (non-hydrogen) atoms. The third kappa shape index (κ3) is 4.53. The van der Waals surface area contributed by atoms with Gasteiger partial charge in [-0.2, -0.15) is 0 Å². The topological polar surface area (TPSA) is 40.5 Å². The standard InChI is InChI=1S/C16H23NO2S/c1-13-4-6-14(7-5-13)11-20-12-16(19)17-8-2-3-15(9-17)10-18/h4-7,15,18H,2-3,8-12H2,1H3. The third-order valence-corrected chi connectivity index (χ3v) is 4.73. The lowest BCUT2D eigenvalue weighted by molar-refractivity contribution is -0.130. The first-order chi connectivity index (χ1) is 9.69. The minimum Gasteiger partial charge on any atom is -0.396 e. The molecule has 1 aliphatic heterocycles. The van der Waals surface area contributed by atoms with E-state index < -0.39 is 0 Å². The molecule has 1 N–H and O–H groups in total. The summed E-state index contributed by atoms with van der Waals surface area (Å²) in [5.74, 6) is 1.89. The van der Waals surface area contributed by atoms with Crippen LogP contribution in [0.4, 0.5) is 0 Å². The van der Waals surface area contributed by atoms with Crippen LogP contribution < -0.4 is 0 Å². The number of likely N-dealkylation sites (tertiary alicyclic amines) is 1. The lowest BCUT2D eigenvalue weighted by Gasteiger charge is -2.31. The van der Waals surface area contributed by atoms with E-state index in [0.717, 1.165) is 31.7 Å². The number of aryl methyl sites for hydroxylation is 1. The predicted molar refractivity (Wildman–Crippen MR) is 83.7 cm³/mol. The van der Waals surface area contributed by atoms with Crippen LogP contribution in [0.1, 0.15) is 24.0 Å². The molecule has 1 aromatic rings. The molecule has 0 spiro atoms. The second kappa shape index (κ2) is 7.70. The zero-order valence-electron chi connectivity index (χ0n) is 12.0. The molecule has 1 heterocycles. The number of amides is 1. The summed E-state index contributed by atoms with van der Waals surface area (Å²) in [5, 5.41) is 9.19. The van der Waals surface area contributed by atoms with Crippen LogP contribution >= 0.6 is 11.8 Å². The Morgan fingerprint density at radius 1 is 1.40 bits per heavy atom. The molecular weight excluding hydrogens is 270 g/mol. The zero-order valence-corrected chi connectivity index (χ0v) is 12.9. The largest absolute Gasteiger partial charge is 0.396 e. The maximum absolute atomic E-state index is 12.1. The summed E-state index contributed by atoms with van der Waals surface area (Å²) in [6, 6.07) is 8.45. The maximum atomic E-state index is 12.1. The minimum atomic E-state index is 0.195. The fourth-order valence-corrected chi connectivity index (χ4v) is 3.36. The van der Waals surface area contributed by atoms with Crippen LogP contribution in [-0.4, -0.2) is 41.4 Å². The second-order valence-corrected chi connectivity index (χ2v) is 6.49. The molecule has 0 aliphatic carbocycles. The first-order valence-electron chi connectivity index (χ1n) is 7.21. The van der Waals surface area contributed by atoms with Gasteiger partial charge in [0.25, 0.3) is 0 Å². The SMILES string of the molecule is Cc1ccc(CSCC(=O)N2CCCC(CO)C2)cc1. The molecule has 1 saturated heterocycles. The highest BCUT2D eigenvalue weighted by Gasteiger charge is 2.22. The van der Waals surface area contributed by atoms with Crippen molar-refractivity contribution in [2.45, 2.75) is 25.5 Å². The van der Waals surface area contributed by atoms with E-state index in [1.165, 1.54) is 11.1 Å². The Balaban J connectivity index is 1.73. The Hall–Kier alpha value is -1.00. The molecule has 0 saturated carbocycles. The number of benzene rings is 1. The summed E-state index contributed by atoms with van der Waals surface area (Å²) < 4.78 is 0. The van der Waals surface area contributed by atoms with Gasteiger partial charge in [-0.1, -0.05) is 29.8 Å². The van der Waals surface area contributed by atoms with Crippen LogP contribution in [0.25, 0.3) is 0 Å². The van der Waals surface area contributed by atoms with Gasteiger partial charge < -0.3 is 10.0 Å². The van der Waals surface area contributed by atoms with Crippen LogP contribution in [0.5, 0.6) is 0 Å². The van der Waals surface area contributed by atoms with Gasteiger partial charge in [-0.3, -0.25) is 4.79 Å². The van der Waals surface area contributed by atoms with Crippen LogP contribution in [0, 0.1) is 12.8 Å². The van der Waals surface area contributed by atoms with Crippen molar-refractivity contribution in [3.8, 4) is 0 Å². The van der Waals surface area contributed by atoms with Gasteiger partial charge in [0, 0.05) is 25.4 Å². The molecule has 0 radical (unpaired) electrons. The lowest BCUT2D eigenvalue weighted by atomic mass is 9.99. The number of carbonyl (C=O) groups excluding carboxylic acids is 1. The Morgan fingerprint density at radius 3 is 2.85 bits per heavy atom. The Kier molecular flexibility index (Phi) is 5.92. The monoisotopic (exact) mass is 293 g/mol. The number of rotatable bonds is 5. The van der Waals surface area contributed by atoms with Gasteiger partial charge in [-0.15, -0.1) is 11.8 Å². The molecule has 0 bridgehead atoms. The summed E-state index contributed by atoms with van der Waals surface area (Å²) in [7, 11) is 0.